The number of Topliss-reactive ketones (excluding diaryl/α,β-unsaturated/α-hetero) is 1. The van der Waals surface area contributed by atoms with Crippen LogP contribution in [0.1, 0.15) is 31.3 Å². The number of hydrogen-bond donors (Lipinski definition) is 0. The normalized spacial score (nSPS) is 12.5. The first kappa shape index (κ1) is 10.5. The highest BCUT2D eigenvalue weighted by molar-refractivity contribution is 5.89. The second-order valence-corrected chi connectivity index (χ2v) is 3.57. The predicted octanol–water partition coefficient (Wildman–Crippen LogP) is 2.42. The number of carbonyl (C=O) groups excluding carboxylic acids is 1. The molecule has 3 nitrogen and oxygen atoms in total. The van der Waals surface area contributed by atoms with Gasteiger partial charge in [-0.25, -0.2) is 0 Å². The van der Waals surface area contributed by atoms with Gasteiger partial charge in [-0.3, -0.25) is 4.79 Å². The molecule has 0 saturated carbocycles. The van der Waals surface area contributed by atoms with Gasteiger partial charge < -0.3 is 4.42 Å². The summed E-state index contributed by atoms with van der Waals surface area (Å²) in [5.74, 6) is 0.163. The molecule has 1 rings (SSSR count). The maximum Gasteiger partial charge on any atom is 0.162 e. The quantitative estimate of drug-likeness (QED) is 0.737. The van der Waals surface area contributed by atoms with Gasteiger partial charge in [0.25, 0.3) is 0 Å². The highest BCUT2D eigenvalue weighted by Crippen LogP contribution is 2.21. The number of furan rings is 1. The van der Waals surface area contributed by atoms with Crippen LogP contribution < -0.4 is 0 Å². The topological polar surface area (TPSA) is 54.0 Å². The van der Waals surface area contributed by atoms with E-state index in [1.165, 1.54) is 0 Å². The van der Waals surface area contributed by atoms with Crippen molar-refractivity contribution >= 4 is 5.78 Å². The van der Waals surface area contributed by atoms with Crippen LogP contribution in [-0.2, 0) is 4.79 Å². The molecule has 0 spiro atoms. The summed E-state index contributed by atoms with van der Waals surface area (Å²) in [6.45, 7) is 5.35. The summed E-state index contributed by atoms with van der Waals surface area (Å²) in [7, 11) is 0. The van der Waals surface area contributed by atoms with Crippen LogP contribution in [0.25, 0.3) is 0 Å². The number of ketones is 1. The molecule has 3 heteroatoms. The van der Waals surface area contributed by atoms with Gasteiger partial charge in [-0.2, -0.15) is 5.26 Å². The molecular formula is C11H13NO2. The molecule has 0 aliphatic carbocycles. The van der Waals surface area contributed by atoms with Gasteiger partial charge in [0, 0.05) is 5.92 Å². The van der Waals surface area contributed by atoms with Crippen molar-refractivity contribution in [3.63, 3.8) is 0 Å². The van der Waals surface area contributed by atoms with Crippen molar-refractivity contribution in [2.75, 3.05) is 0 Å². The monoisotopic (exact) mass is 191 g/mol. The van der Waals surface area contributed by atoms with Crippen LogP contribution in [0, 0.1) is 24.2 Å². The molecular weight excluding hydrogens is 178 g/mol. The van der Waals surface area contributed by atoms with E-state index < -0.39 is 5.92 Å². The van der Waals surface area contributed by atoms with Crippen LogP contribution in [0.3, 0.4) is 0 Å². The number of hydrogen-bond acceptors (Lipinski definition) is 3. The lowest BCUT2D eigenvalue weighted by Crippen LogP contribution is -2.16. The van der Waals surface area contributed by atoms with E-state index in [9.17, 15) is 4.79 Å². The number of nitrogens with zero attached hydrogens (tertiary/aromatic N) is 1. The lowest BCUT2D eigenvalue weighted by molar-refractivity contribution is -0.122. The Morgan fingerprint density at radius 1 is 1.50 bits per heavy atom. The SMILES string of the molecule is Cc1ccc(C(C#N)C(=O)C(C)C)o1. The highest BCUT2D eigenvalue weighted by Gasteiger charge is 2.25. The number of rotatable bonds is 3. The van der Waals surface area contributed by atoms with Gasteiger partial charge in [-0.1, -0.05) is 13.8 Å². The maximum absolute atomic E-state index is 11.6. The standard InChI is InChI=1S/C11H13NO2/c1-7(2)11(13)9(6-12)10-5-4-8(3)14-10/h4-5,7,9H,1-3H3. The first-order valence-electron chi connectivity index (χ1n) is 4.56. The summed E-state index contributed by atoms with van der Waals surface area (Å²) in [6.07, 6.45) is 0. The van der Waals surface area contributed by atoms with E-state index in [-0.39, 0.29) is 11.7 Å². The zero-order chi connectivity index (χ0) is 10.7. The van der Waals surface area contributed by atoms with Crippen molar-refractivity contribution in [2.45, 2.75) is 26.7 Å². The molecule has 0 N–H and O–H groups in total. The van der Waals surface area contributed by atoms with Gasteiger partial charge in [-0.05, 0) is 19.1 Å². The van der Waals surface area contributed by atoms with Gasteiger partial charge >= 0.3 is 0 Å². The molecule has 1 aromatic heterocycles. The minimum Gasteiger partial charge on any atom is -0.465 e. The average molecular weight is 191 g/mol. The van der Waals surface area contributed by atoms with Crippen molar-refractivity contribution in [1.29, 1.82) is 5.26 Å². The first-order chi connectivity index (χ1) is 6.56. The van der Waals surface area contributed by atoms with Crippen LogP contribution in [0.15, 0.2) is 16.5 Å². The summed E-state index contributed by atoms with van der Waals surface area (Å²) >= 11 is 0. The second-order valence-electron chi connectivity index (χ2n) is 3.57. The highest BCUT2D eigenvalue weighted by atomic mass is 16.3. The molecule has 0 bridgehead atoms. The molecule has 0 radical (unpaired) electrons. The average Bonchev–Trinajstić information content (AvgIpc) is 2.53. The van der Waals surface area contributed by atoms with Crippen LogP contribution in [0.5, 0.6) is 0 Å². The molecule has 0 aromatic carbocycles. The molecule has 1 aromatic rings. The van der Waals surface area contributed by atoms with Crippen molar-refractivity contribution in [3.05, 3.63) is 23.7 Å². The summed E-state index contributed by atoms with van der Waals surface area (Å²) in [5, 5.41) is 8.88. The molecule has 0 amide bonds. The van der Waals surface area contributed by atoms with Gasteiger partial charge in [0.15, 0.2) is 11.7 Å². The first-order valence-corrected chi connectivity index (χ1v) is 4.56. The summed E-state index contributed by atoms with van der Waals surface area (Å²) in [6, 6.07) is 5.41. The van der Waals surface area contributed by atoms with E-state index in [1.807, 2.05) is 6.07 Å². The van der Waals surface area contributed by atoms with Gasteiger partial charge in [0.2, 0.25) is 0 Å². The Kier molecular flexibility index (Phi) is 3.08. The van der Waals surface area contributed by atoms with Gasteiger partial charge in [-0.15, -0.1) is 0 Å². The van der Waals surface area contributed by atoms with Crippen LogP contribution in [-0.4, -0.2) is 5.78 Å². The van der Waals surface area contributed by atoms with Crippen molar-refractivity contribution in [1.82, 2.24) is 0 Å². The minimum atomic E-state index is -0.760. The molecule has 74 valence electrons. The van der Waals surface area contributed by atoms with Crippen LogP contribution >= 0.6 is 0 Å². The number of carbonyl (C=O) groups is 1. The van der Waals surface area contributed by atoms with Crippen LogP contribution in [0.2, 0.25) is 0 Å². The van der Waals surface area contributed by atoms with Crippen molar-refractivity contribution < 1.29 is 9.21 Å². The van der Waals surface area contributed by atoms with E-state index >= 15 is 0 Å². The maximum atomic E-state index is 11.6. The Morgan fingerprint density at radius 2 is 2.14 bits per heavy atom. The molecule has 14 heavy (non-hydrogen) atoms. The number of nitriles is 1. The molecule has 0 fully saturated rings. The summed E-state index contributed by atoms with van der Waals surface area (Å²) in [5.41, 5.74) is 0. The fraction of sp³-hybridized carbons (Fsp3) is 0.455. The zero-order valence-corrected chi connectivity index (χ0v) is 8.57. The Labute approximate surface area is 83.3 Å². The Bertz CT molecular complexity index is 371. The second kappa shape index (κ2) is 4.10. The molecule has 1 atom stereocenters. The lowest BCUT2D eigenvalue weighted by atomic mass is 9.94. The summed E-state index contributed by atoms with van der Waals surface area (Å²) < 4.78 is 5.26. The van der Waals surface area contributed by atoms with E-state index in [0.717, 1.165) is 5.76 Å². The molecule has 0 aliphatic heterocycles. The summed E-state index contributed by atoms with van der Waals surface area (Å²) in [4.78, 5) is 11.6. The minimum absolute atomic E-state index is 0.0955. The molecule has 0 aliphatic rings. The zero-order valence-electron chi connectivity index (χ0n) is 8.57. The lowest BCUT2D eigenvalue weighted by Gasteiger charge is -2.07. The predicted molar refractivity (Wildman–Crippen MR) is 51.6 cm³/mol. The third-order valence-corrected chi connectivity index (χ3v) is 2.03. The smallest absolute Gasteiger partial charge is 0.162 e. The van der Waals surface area contributed by atoms with E-state index in [1.54, 1.807) is 32.9 Å². The van der Waals surface area contributed by atoms with Gasteiger partial charge in [0.05, 0.1) is 6.07 Å². The molecule has 1 heterocycles. The fourth-order valence-corrected chi connectivity index (χ4v) is 1.21. The Balaban J connectivity index is 2.95. The third kappa shape index (κ3) is 2.02. The van der Waals surface area contributed by atoms with E-state index in [2.05, 4.69) is 0 Å². The number of aryl methyl sites for hydroxylation is 1. The van der Waals surface area contributed by atoms with E-state index in [0.29, 0.717) is 5.76 Å². The third-order valence-electron chi connectivity index (χ3n) is 2.03. The molecule has 0 saturated heterocycles. The molecule has 1 unspecified atom stereocenters. The Morgan fingerprint density at radius 3 is 2.50 bits per heavy atom. The van der Waals surface area contributed by atoms with Crippen molar-refractivity contribution in [3.8, 4) is 6.07 Å². The van der Waals surface area contributed by atoms with E-state index in [4.69, 9.17) is 9.68 Å². The van der Waals surface area contributed by atoms with Crippen molar-refractivity contribution in [2.24, 2.45) is 5.92 Å². The van der Waals surface area contributed by atoms with Gasteiger partial charge in [0.1, 0.15) is 11.5 Å². The van der Waals surface area contributed by atoms with Crippen LogP contribution in [0.4, 0.5) is 0 Å². The largest absolute Gasteiger partial charge is 0.465 e. The Hall–Kier alpha value is -1.56. The fourth-order valence-electron chi connectivity index (χ4n) is 1.21.